The van der Waals surface area contributed by atoms with Crippen LogP contribution in [-0.4, -0.2) is 25.7 Å². The molecule has 0 saturated carbocycles. The molecular weight excluding hydrogens is 250 g/mol. The number of rotatable bonds is 3. The van der Waals surface area contributed by atoms with Gasteiger partial charge in [0.2, 0.25) is 0 Å². The highest BCUT2D eigenvalue weighted by Gasteiger charge is 2.13. The van der Waals surface area contributed by atoms with Crippen LogP contribution < -0.4 is 16.0 Å². The zero-order valence-corrected chi connectivity index (χ0v) is 11.0. The summed E-state index contributed by atoms with van der Waals surface area (Å²) >= 11 is 5.78. The Morgan fingerprint density at radius 3 is 2.61 bits per heavy atom. The first kappa shape index (κ1) is 13.2. The Balaban J connectivity index is 1.73. The molecule has 1 saturated heterocycles. The summed E-state index contributed by atoms with van der Waals surface area (Å²) < 4.78 is 0. The molecule has 0 radical (unpaired) electrons. The van der Waals surface area contributed by atoms with Crippen molar-refractivity contribution in [2.45, 2.75) is 12.8 Å². The van der Waals surface area contributed by atoms with Gasteiger partial charge >= 0.3 is 6.03 Å². The maximum absolute atomic E-state index is 11.7. The van der Waals surface area contributed by atoms with Gasteiger partial charge in [-0.25, -0.2) is 4.79 Å². The van der Waals surface area contributed by atoms with Gasteiger partial charge in [-0.2, -0.15) is 0 Å². The minimum absolute atomic E-state index is 0.157. The highest BCUT2D eigenvalue weighted by atomic mass is 35.5. The summed E-state index contributed by atoms with van der Waals surface area (Å²) in [6, 6.07) is 6.92. The lowest BCUT2D eigenvalue weighted by Crippen LogP contribution is -2.37. The van der Waals surface area contributed by atoms with E-state index < -0.39 is 0 Å². The van der Waals surface area contributed by atoms with Crippen molar-refractivity contribution in [3.8, 4) is 0 Å². The van der Waals surface area contributed by atoms with Crippen molar-refractivity contribution in [3.05, 3.63) is 29.3 Å². The van der Waals surface area contributed by atoms with Crippen LogP contribution in [0.1, 0.15) is 12.8 Å². The van der Waals surface area contributed by atoms with Crippen molar-refractivity contribution in [1.29, 1.82) is 0 Å². The van der Waals surface area contributed by atoms with Crippen LogP contribution in [0.2, 0.25) is 5.02 Å². The topological polar surface area (TPSA) is 53.2 Å². The maximum atomic E-state index is 11.7. The summed E-state index contributed by atoms with van der Waals surface area (Å²) in [5.74, 6) is 0.585. The average Bonchev–Trinajstić information content (AvgIpc) is 2.40. The first-order chi connectivity index (χ1) is 8.74. The number of carbonyl (C=O) groups is 1. The molecule has 2 amide bonds. The predicted molar refractivity (Wildman–Crippen MR) is 74.1 cm³/mol. The van der Waals surface area contributed by atoms with Gasteiger partial charge in [-0.3, -0.25) is 0 Å². The van der Waals surface area contributed by atoms with E-state index in [2.05, 4.69) is 16.0 Å². The number of piperidine rings is 1. The molecule has 0 aromatic heterocycles. The van der Waals surface area contributed by atoms with Gasteiger partial charge in [0.25, 0.3) is 0 Å². The standard InChI is InChI=1S/C13H18ClN3O/c14-11-1-3-12(4-2-11)17-13(18)16-9-10-5-7-15-8-6-10/h1-4,10,15H,5-9H2,(H2,16,17,18). The Morgan fingerprint density at radius 2 is 1.94 bits per heavy atom. The predicted octanol–water partition coefficient (Wildman–Crippen LogP) is 2.46. The first-order valence-corrected chi connectivity index (χ1v) is 6.63. The second-order valence-electron chi connectivity index (χ2n) is 4.54. The largest absolute Gasteiger partial charge is 0.338 e. The smallest absolute Gasteiger partial charge is 0.319 e. The lowest BCUT2D eigenvalue weighted by Gasteiger charge is -2.22. The SMILES string of the molecule is O=C(NCC1CCNCC1)Nc1ccc(Cl)cc1. The average molecular weight is 268 g/mol. The second-order valence-corrected chi connectivity index (χ2v) is 4.97. The molecule has 1 aliphatic rings. The number of carbonyl (C=O) groups excluding carboxylic acids is 1. The van der Waals surface area contributed by atoms with Gasteiger partial charge in [-0.1, -0.05) is 11.6 Å². The molecule has 1 fully saturated rings. The summed E-state index contributed by atoms with van der Waals surface area (Å²) in [7, 11) is 0. The van der Waals surface area contributed by atoms with Gasteiger partial charge in [-0.15, -0.1) is 0 Å². The minimum atomic E-state index is -0.157. The molecule has 1 heterocycles. The molecular formula is C13H18ClN3O. The Bertz CT molecular complexity index is 388. The number of amides is 2. The molecule has 18 heavy (non-hydrogen) atoms. The fourth-order valence-corrected chi connectivity index (χ4v) is 2.16. The monoisotopic (exact) mass is 267 g/mol. The molecule has 4 nitrogen and oxygen atoms in total. The van der Waals surface area contributed by atoms with Crippen LogP contribution in [0, 0.1) is 5.92 Å². The molecule has 0 atom stereocenters. The van der Waals surface area contributed by atoms with Crippen LogP contribution in [0.4, 0.5) is 10.5 Å². The maximum Gasteiger partial charge on any atom is 0.319 e. The normalized spacial score (nSPS) is 16.3. The second kappa shape index (κ2) is 6.61. The molecule has 1 aromatic carbocycles. The fourth-order valence-electron chi connectivity index (χ4n) is 2.03. The van der Waals surface area contributed by atoms with Crippen molar-refractivity contribution in [2.75, 3.05) is 25.0 Å². The summed E-state index contributed by atoms with van der Waals surface area (Å²) in [5.41, 5.74) is 0.752. The molecule has 0 spiro atoms. The lowest BCUT2D eigenvalue weighted by molar-refractivity contribution is 0.248. The Labute approximate surface area is 112 Å². The molecule has 1 aliphatic heterocycles. The van der Waals surface area contributed by atoms with E-state index >= 15 is 0 Å². The first-order valence-electron chi connectivity index (χ1n) is 6.25. The number of anilines is 1. The van der Waals surface area contributed by atoms with E-state index in [1.807, 2.05) is 0 Å². The highest BCUT2D eigenvalue weighted by molar-refractivity contribution is 6.30. The number of halogens is 1. The zero-order chi connectivity index (χ0) is 12.8. The summed E-state index contributed by atoms with van der Waals surface area (Å²) in [4.78, 5) is 11.7. The van der Waals surface area contributed by atoms with Crippen molar-refractivity contribution in [3.63, 3.8) is 0 Å². The van der Waals surface area contributed by atoms with Gasteiger partial charge in [0.1, 0.15) is 0 Å². The molecule has 3 N–H and O–H groups in total. The van der Waals surface area contributed by atoms with Gasteiger partial charge in [0, 0.05) is 17.3 Å². The van der Waals surface area contributed by atoms with Gasteiger partial charge < -0.3 is 16.0 Å². The van der Waals surface area contributed by atoms with Crippen molar-refractivity contribution in [2.24, 2.45) is 5.92 Å². The molecule has 0 bridgehead atoms. The van der Waals surface area contributed by atoms with Crippen LogP contribution in [0.15, 0.2) is 24.3 Å². The molecule has 98 valence electrons. The zero-order valence-electron chi connectivity index (χ0n) is 10.2. The van der Waals surface area contributed by atoms with Crippen LogP contribution in [0.5, 0.6) is 0 Å². The Hall–Kier alpha value is -1.26. The third kappa shape index (κ3) is 4.20. The van der Waals surface area contributed by atoms with E-state index in [9.17, 15) is 4.79 Å². The molecule has 1 aromatic rings. The van der Waals surface area contributed by atoms with Crippen LogP contribution in [-0.2, 0) is 0 Å². The van der Waals surface area contributed by atoms with Gasteiger partial charge in [0.05, 0.1) is 0 Å². The number of hydrogen-bond acceptors (Lipinski definition) is 2. The Morgan fingerprint density at radius 1 is 1.28 bits per heavy atom. The van der Waals surface area contributed by atoms with Crippen molar-refractivity contribution < 1.29 is 4.79 Å². The van der Waals surface area contributed by atoms with E-state index in [1.54, 1.807) is 24.3 Å². The van der Waals surface area contributed by atoms with Gasteiger partial charge in [-0.05, 0) is 56.1 Å². The molecule has 5 heteroatoms. The summed E-state index contributed by atoms with van der Waals surface area (Å²) in [6.07, 6.45) is 2.25. The number of hydrogen-bond donors (Lipinski definition) is 3. The molecule has 2 rings (SSSR count). The van der Waals surface area contributed by atoms with E-state index in [0.29, 0.717) is 10.9 Å². The lowest BCUT2D eigenvalue weighted by atomic mass is 9.98. The minimum Gasteiger partial charge on any atom is -0.338 e. The number of nitrogens with one attached hydrogen (secondary N) is 3. The number of urea groups is 1. The third-order valence-electron chi connectivity index (χ3n) is 3.11. The third-order valence-corrected chi connectivity index (χ3v) is 3.36. The molecule has 0 unspecified atom stereocenters. The van der Waals surface area contributed by atoms with E-state index in [1.165, 1.54) is 0 Å². The Kier molecular flexibility index (Phi) is 4.84. The highest BCUT2D eigenvalue weighted by Crippen LogP contribution is 2.13. The van der Waals surface area contributed by atoms with Crippen molar-refractivity contribution >= 4 is 23.3 Å². The van der Waals surface area contributed by atoms with Crippen molar-refractivity contribution in [1.82, 2.24) is 10.6 Å². The van der Waals surface area contributed by atoms with Gasteiger partial charge in [0.15, 0.2) is 0 Å². The van der Waals surface area contributed by atoms with Crippen LogP contribution >= 0.6 is 11.6 Å². The van der Waals surface area contributed by atoms with E-state index in [-0.39, 0.29) is 6.03 Å². The fraction of sp³-hybridized carbons (Fsp3) is 0.462. The van der Waals surface area contributed by atoms with E-state index in [0.717, 1.165) is 38.2 Å². The van der Waals surface area contributed by atoms with Crippen LogP contribution in [0.3, 0.4) is 0 Å². The number of benzene rings is 1. The van der Waals surface area contributed by atoms with Crippen LogP contribution in [0.25, 0.3) is 0 Å². The molecule has 0 aliphatic carbocycles. The summed E-state index contributed by atoms with van der Waals surface area (Å²) in [5, 5.41) is 9.66. The van der Waals surface area contributed by atoms with E-state index in [4.69, 9.17) is 11.6 Å². The quantitative estimate of drug-likeness (QED) is 0.788. The summed E-state index contributed by atoms with van der Waals surface area (Å²) in [6.45, 7) is 2.83.